The first-order chi connectivity index (χ1) is 17.6. The molecule has 3 rings (SSSR count). The maximum Gasteiger partial charge on any atom is 0.303 e. The number of aliphatic hydroxyl groups is 2. The molecule has 1 atom stereocenters. The second-order valence-corrected chi connectivity index (χ2v) is 10.7. The molecule has 1 saturated carbocycles. The van der Waals surface area contributed by atoms with Gasteiger partial charge in [-0.2, -0.15) is 0 Å². The molecule has 0 aromatic heterocycles. The van der Waals surface area contributed by atoms with Gasteiger partial charge in [-0.05, 0) is 86.3 Å². The van der Waals surface area contributed by atoms with Crippen molar-refractivity contribution in [2.45, 2.75) is 103 Å². The van der Waals surface area contributed by atoms with Crippen LogP contribution in [0.15, 0.2) is 42.5 Å². The van der Waals surface area contributed by atoms with E-state index in [4.69, 9.17) is 9.84 Å². The summed E-state index contributed by atoms with van der Waals surface area (Å²) >= 11 is 0. The normalized spacial score (nSPS) is 16.3. The zero-order valence-electron chi connectivity index (χ0n) is 22.9. The molecular formula is C32H44O5. The van der Waals surface area contributed by atoms with Gasteiger partial charge < -0.3 is 20.1 Å². The molecule has 0 spiro atoms. The lowest BCUT2D eigenvalue weighted by molar-refractivity contribution is -0.137. The molecule has 1 fully saturated rings. The van der Waals surface area contributed by atoms with Gasteiger partial charge in [0.2, 0.25) is 0 Å². The Bertz CT molecular complexity index is 1080. The van der Waals surface area contributed by atoms with Gasteiger partial charge in [0.05, 0.1) is 11.7 Å². The van der Waals surface area contributed by atoms with Crippen LogP contribution in [-0.4, -0.2) is 39.6 Å². The van der Waals surface area contributed by atoms with Crippen LogP contribution in [0.4, 0.5) is 0 Å². The molecule has 0 amide bonds. The smallest absolute Gasteiger partial charge is 0.303 e. The zero-order valence-corrected chi connectivity index (χ0v) is 22.9. The van der Waals surface area contributed by atoms with Crippen LogP contribution < -0.4 is 4.74 Å². The number of carbonyl (C=O) groups is 1. The van der Waals surface area contributed by atoms with Crippen LogP contribution in [0.2, 0.25) is 0 Å². The van der Waals surface area contributed by atoms with Gasteiger partial charge in [0.25, 0.3) is 0 Å². The summed E-state index contributed by atoms with van der Waals surface area (Å²) in [5.41, 5.74) is 5.11. The Morgan fingerprint density at radius 2 is 1.68 bits per heavy atom. The Balaban J connectivity index is 1.77. The van der Waals surface area contributed by atoms with Crippen molar-refractivity contribution in [1.82, 2.24) is 0 Å². The average molecular weight is 509 g/mol. The highest BCUT2D eigenvalue weighted by Crippen LogP contribution is 2.41. The van der Waals surface area contributed by atoms with Crippen LogP contribution >= 0.6 is 0 Å². The van der Waals surface area contributed by atoms with Crippen molar-refractivity contribution in [3.63, 3.8) is 0 Å². The first-order valence-electron chi connectivity index (χ1n) is 13.8. The highest BCUT2D eigenvalue weighted by Gasteiger charge is 2.32. The fourth-order valence-corrected chi connectivity index (χ4v) is 5.66. The molecule has 1 aliphatic rings. The molecule has 0 bridgehead atoms. The van der Waals surface area contributed by atoms with E-state index in [0.717, 1.165) is 55.4 Å². The topological polar surface area (TPSA) is 87.0 Å². The van der Waals surface area contributed by atoms with Crippen molar-refractivity contribution in [2.24, 2.45) is 0 Å². The molecule has 5 heteroatoms. The van der Waals surface area contributed by atoms with Gasteiger partial charge in [-0.3, -0.25) is 4.79 Å². The van der Waals surface area contributed by atoms with E-state index in [0.29, 0.717) is 12.8 Å². The quantitative estimate of drug-likeness (QED) is 0.279. The van der Waals surface area contributed by atoms with E-state index < -0.39 is 17.7 Å². The zero-order chi connectivity index (χ0) is 27.1. The van der Waals surface area contributed by atoms with Crippen molar-refractivity contribution in [2.75, 3.05) is 6.61 Å². The second-order valence-electron chi connectivity index (χ2n) is 10.7. The van der Waals surface area contributed by atoms with Gasteiger partial charge in [0.1, 0.15) is 12.4 Å². The average Bonchev–Trinajstić information content (AvgIpc) is 3.30. The molecule has 2 aromatic rings. The number of aliphatic hydroxyl groups excluding tert-OH is 1. The molecule has 0 radical (unpaired) electrons. The van der Waals surface area contributed by atoms with E-state index in [1.165, 1.54) is 16.7 Å². The maximum atomic E-state index is 10.7. The summed E-state index contributed by atoms with van der Waals surface area (Å²) in [5, 5.41) is 29.6. The maximum absolute atomic E-state index is 10.7. The highest BCUT2D eigenvalue weighted by molar-refractivity contribution is 5.66. The van der Waals surface area contributed by atoms with E-state index in [1.54, 1.807) is 0 Å². The predicted octanol–water partition coefficient (Wildman–Crippen LogP) is 6.72. The third-order valence-electron chi connectivity index (χ3n) is 8.16. The van der Waals surface area contributed by atoms with Gasteiger partial charge in [-0.15, -0.1) is 0 Å². The Labute approximate surface area is 222 Å². The molecule has 3 N–H and O–H groups in total. The first-order valence-corrected chi connectivity index (χ1v) is 13.8. The van der Waals surface area contributed by atoms with Crippen LogP contribution in [0.3, 0.4) is 0 Å². The minimum absolute atomic E-state index is 0.0554. The number of aliphatic carboxylic acids is 1. The van der Waals surface area contributed by atoms with E-state index in [1.807, 2.05) is 19.1 Å². The molecule has 0 saturated heterocycles. The Morgan fingerprint density at radius 1 is 1.05 bits per heavy atom. The van der Waals surface area contributed by atoms with Crippen molar-refractivity contribution < 1.29 is 24.9 Å². The summed E-state index contributed by atoms with van der Waals surface area (Å²) < 4.78 is 5.88. The lowest BCUT2D eigenvalue weighted by Gasteiger charge is -2.34. The molecule has 37 heavy (non-hydrogen) atoms. The van der Waals surface area contributed by atoms with Crippen LogP contribution in [-0.2, 0) is 10.2 Å². The molecule has 0 heterocycles. The van der Waals surface area contributed by atoms with Crippen LogP contribution in [0.25, 0.3) is 6.08 Å². The van der Waals surface area contributed by atoms with E-state index in [-0.39, 0.29) is 18.4 Å². The van der Waals surface area contributed by atoms with Gasteiger partial charge in [0, 0.05) is 11.8 Å². The fraction of sp³-hybridized carbons (Fsp3) is 0.531. The minimum atomic E-state index is -0.848. The van der Waals surface area contributed by atoms with Gasteiger partial charge in [-0.25, -0.2) is 0 Å². The molecular weight excluding hydrogens is 464 g/mol. The molecule has 2 aromatic carbocycles. The van der Waals surface area contributed by atoms with Gasteiger partial charge in [-0.1, -0.05) is 69.2 Å². The number of aryl methyl sites for hydroxylation is 2. The number of ether oxygens (including phenoxy) is 1. The Kier molecular flexibility index (Phi) is 9.97. The Morgan fingerprint density at radius 3 is 2.24 bits per heavy atom. The summed E-state index contributed by atoms with van der Waals surface area (Å²) in [7, 11) is 0. The van der Waals surface area contributed by atoms with Crippen molar-refractivity contribution in [3.8, 4) is 5.75 Å². The van der Waals surface area contributed by atoms with Crippen LogP contribution in [0, 0.1) is 13.8 Å². The number of carboxylic acid groups (broad SMARTS) is 1. The van der Waals surface area contributed by atoms with Crippen LogP contribution in [0.5, 0.6) is 5.75 Å². The van der Waals surface area contributed by atoms with E-state index >= 15 is 0 Å². The van der Waals surface area contributed by atoms with Gasteiger partial charge >= 0.3 is 5.97 Å². The number of hydrogen-bond acceptors (Lipinski definition) is 4. The number of benzene rings is 2. The van der Waals surface area contributed by atoms with E-state index in [2.05, 4.69) is 57.2 Å². The summed E-state index contributed by atoms with van der Waals surface area (Å²) in [6, 6.07) is 13.0. The lowest BCUT2D eigenvalue weighted by atomic mass is 9.70. The SMILES string of the molecule is CCC(CC)(c1ccc(/C=C/C2(O)CCCC2)c(C)c1)c1ccc(OC[C@@H](O)CCCC(=O)O)c(C)c1. The summed E-state index contributed by atoms with van der Waals surface area (Å²) in [4.78, 5) is 10.7. The molecule has 0 unspecified atom stereocenters. The number of carboxylic acids is 1. The van der Waals surface area contributed by atoms with Crippen molar-refractivity contribution >= 4 is 12.0 Å². The largest absolute Gasteiger partial charge is 0.491 e. The summed E-state index contributed by atoms with van der Waals surface area (Å²) in [5.74, 6) is -0.109. The predicted molar refractivity (Wildman–Crippen MR) is 149 cm³/mol. The summed E-state index contributed by atoms with van der Waals surface area (Å²) in [6.07, 6.45) is 10.1. The Hall–Kier alpha value is -2.63. The van der Waals surface area contributed by atoms with Crippen molar-refractivity contribution in [1.29, 1.82) is 0 Å². The number of rotatable bonds is 13. The first kappa shape index (κ1) is 28.9. The standard InChI is InChI=1S/C32H44O5/c1-5-32(6-2,26-13-12-25(23(3)20-26)16-19-31(36)17-7-8-18-31)27-14-15-29(24(4)21-27)37-22-28(33)10-9-11-30(34)35/h12-16,19-21,28,33,36H,5-11,17-18,22H2,1-4H3,(H,34,35)/b19-16+/t28-/m0/s1. The van der Waals surface area contributed by atoms with Crippen LogP contribution in [0.1, 0.15) is 99.5 Å². The third-order valence-corrected chi connectivity index (χ3v) is 8.16. The number of hydrogen-bond donors (Lipinski definition) is 3. The monoisotopic (exact) mass is 508 g/mol. The van der Waals surface area contributed by atoms with Crippen molar-refractivity contribution in [3.05, 3.63) is 70.3 Å². The fourth-order valence-electron chi connectivity index (χ4n) is 5.66. The van der Waals surface area contributed by atoms with E-state index in [9.17, 15) is 15.0 Å². The molecule has 5 nitrogen and oxygen atoms in total. The highest BCUT2D eigenvalue weighted by atomic mass is 16.5. The van der Waals surface area contributed by atoms with Gasteiger partial charge in [0.15, 0.2) is 0 Å². The summed E-state index contributed by atoms with van der Waals surface area (Å²) in [6.45, 7) is 8.78. The second kappa shape index (κ2) is 12.7. The molecule has 1 aliphatic carbocycles. The molecule has 202 valence electrons. The molecule has 0 aliphatic heterocycles. The lowest BCUT2D eigenvalue weighted by Crippen LogP contribution is -2.26. The minimum Gasteiger partial charge on any atom is -0.491 e. The third kappa shape index (κ3) is 7.24.